The minimum absolute atomic E-state index is 0.115. The highest BCUT2D eigenvalue weighted by Crippen LogP contribution is 2.28. The Balaban J connectivity index is 1.35. The summed E-state index contributed by atoms with van der Waals surface area (Å²) in [6.45, 7) is 4.28. The number of benzene rings is 3. The second-order valence-corrected chi connectivity index (χ2v) is 8.83. The first-order valence-electron chi connectivity index (χ1n) is 12.4. The van der Waals surface area contributed by atoms with E-state index in [2.05, 4.69) is 10.6 Å². The Morgan fingerprint density at radius 3 is 2.58 bits per heavy atom. The van der Waals surface area contributed by atoms with Crippen LogP contribution in [0.25, 0.3) is 0 Å². The minimum atomic E-state index is -0.124. The molecule has 0 aliphatic carbocycles. The molecule has 0 aromatic heterocycles. The third-order valence-electron chi connectivity index (χ3n) is 6.33. The first kappa shape index (κ1) is 25.1. The fraction of sp³-hybridized carbons (Fsp3) is 0.310. The second kappa shape index (κ2) is 12.1. The topological polar surface area (TPSA) is 79.9 Å². The van der Waals surface area contributed by atoms with Gasteiger partial charge in [-0.15, -0.1) is 0 Å². The Kier molecular flexibility index (Phi) is 8.44. The van der Waals surface area contributed by atoms with E-state index >= 15 is 0 Å². The molecule has 2 N–H and O–H groups in total. The fourth-order valence-electron chi connectivity index (χ4n) is 4.44. The Morgan fingerprint density at radius 2 is 1.81 bits per heavy atom. The molecule has 1 heterocycles. The van der Waals surface area contributed by atoms with Crippen LogP contribution in [0, 0.1) is 0 Å². The van der Waals surface area contributed by atoms with Crippen LogP contribution in [0.4, 0.5) is 10.5 Å². The van der Waals surface area contributed by atoms with Crippen molar-refractivity contribution in [2.45, 2.75) is 32.2 Å². The maximum atomic E-state index is 12.9. The average molecular weight is 488 g/mol. The molecule has 7 heteroatoms. The van der Waals surface area contributed by atoms with Crippen molar-refractivity contribution >= 4 is 17.6 Å². The van der Waals surface area contributed by atoms with Gasteiger partial charge in [-0.2, -0.15) is 0 Å². The molecule has 36 heavy (non-hydrogen) atoms. The van der Waals surface area contributed by atoms with Gasteiger partial charge >= 0.3 is 6.03 Å². The molecule has 7 nitrogen and oxygen atoms in total. The third kappa shape index (κ3) is 6.56. The van der Waals surface area contributed by atoms with E-state index in [1.807, 2.05) is 84.6 Å². The van der Waals surface area contributed by atoms with Crippen LogP contribution in [0.5, 0.6) is 11.5 Å². The summed E-state index contributed by atoms with van der Waals surface area (Å²) in [5.41, 5.74) is 3.40. The lowest BCUT2D eigenvalue weighted by molar-refractivity contribution is 0.0950. The Bertz CT molecular complexity index is 1180. The van der Waals surface area contributed by atoms with Gasteiger partial charge in [0, 0.05) is 36.8 Å². The second-order valence-electron chi connectivity index (χ2n) is 8.83. The van der Waals surface area contributed by atoms with Crippen LogP contribution in [0.15, 0.2) is 72.8 Å². The van der Waals surface area contributed by atoms with Crippen molar-refractivity contribution in [3.05, 3.63) is 89.5 Å². The summed E-state index contributed by atoms with van der Waals surface area (Å²) < 4.78 is 10.7. The first-order valence-corrected chi connectivity index (χ1v) is 12.4. The molecule has 1 atom stereocenters. The van der Waals surface area contributed by atoms with Crippen LogP contribution in [0.1, 0.15) is 47.2 Å². The van der Waals surface area contributed by atoms with Gasteiger partial charge in [-0.25, -0.2) is 4.79 Å². The zero-order valence-electron chi connectivity index (χ0n) is 20.8. The molecular formula is C29H33N3O4. The summed E-state index contributed by atoms with van der Waals surface area (Å²) in [5, 5.41) is 5.97. The molecular weight excluding hydrogens is 454 g/mol. The van der Waals surface area contributed by atoms with Crippen LogP contribution in [0.3, 0.4) is 0 Å². The number of carbonyl (C=O) groups is 2. The van der Waals surface area contributed by atoms with Crippen molar-refractivity contribution in [3.8, 4) is 11.5 Å². The summed E-state index contributed by atoms with van der Waals surface area (Å²) in [6.07, 6.45) is 1.88. The largest absolute Gasteiger partial charge is 0.497 e. The maximum Gasteiger partial charge on any atom is 0.321 e. The molecule has 0 spiro atoms. The number of hydrogen-bond acceptors (Lipinski definition) is 4. The van der Waals surface area contributed by atoms with Crippen molar-refractivity contribution in [1.82, 2.24) is 10.2 Å². The van der Waals surface area contributed by atoms with E-state index in [-0.39, 0.29) is 17.9 Å². The van der Waals surface area contributed by atoms with Crippen molar-refractivity contribution in [2.24, 2.45) is 0 Å². The van der Waals surface area contributed by atoms with E-state index in [4.69, 9.17) is 9.47 Å². The van der Waals surface area contributed by atoms with E-state index in [1.165, 1.54) is 0 Å². The smallest absolute Gasteiger partial charge is 0.321 e. The molecule has 0 bridgehead atoms. The molecule has 3 amide bonds. The number of nitrogens with one attached hydrogen (secondary N) is 2. The molecule has 3 aromatic carbocycles. The van der Waals surface area contributed by atoms with Crippen molar-refractivity contribution in [3.63, 3.8) is 0 Å². The number of piperidine rings is 1. The average Bonchev–Trinajstić information content (AvgIpc) is 2.93. The van der Waals surface area contributed by atoms with Gasteiger partial charge in [0.2, 0.25) is 0 Å². The van der Waals surface area contributed by atoms with Crippen LogP contribution in [-0.4, -0.2) is 43.6 Å². The molecule has 1 saturated heterocycles. The number of ether oxygens (including phenoxy) is 2. The fourth-order valence-corrected chi connectivity index (χ4v) is 4.44. The van der Waals surface area contributed by atoms with Gasteiger partial charge in [0.15, 0.2) is 0 Å². The molecule has 0 saturated carbocycles. The lowest BCUT2D eigenvalue weighted by Gasteiger charge is -2.33. The highest BCUT2D eigenvalue weighted by Gasteiger charge is 2.25. The Morgan fingerprint density at radius 1 is 1.00 bits per heavy atom. The lowest BCUT2D eigenvalue weighted by Crippen LogP contribution is -2.41. The number of hydrogen-bond donors (Lipinski definition) is 2. The SMILES string of the molecule is CCOc1ccc(NC(=O)N2CCC[C@@H](c3cccc(C(=O)NCc4cccc(OC)c4)c3)C2)cc1. The third-order valence-corrected chi connectivity index (χ3v) is 6.33. The summed E-state index contributed by atoms with van der Waals surface area (Å²) in [6, 6.07) is 22.6. The van der Waals surface area contributed by atoms with Crippen LogP contribution >= 0.6 is 0 Å². The van der Waals surface area contributed by atoms with E-state index in [0.717, 1.165) is 41.2 Å². The number of likely N-dealkylation sites (tertiary alicyclic amines) is 1. The predicted octanol–water partition coefficient (Wildman–Crippen LogP) is 5.44. The molecule has 4 rings (SSSR count). The molecule has 1 aliphatic heterocycles. The quantitative estimate of drug-likeness (QED) is 0.444. The van der Waals surface area contributed by atoms with Crippen molar-refractivity contribution < 1.29 is 19.1 Å². The van der Waals surface area contributed by atoms with Crippen molar-refractivity contribution in [1.29, 1.82) is 0 Å². The van der Waals surface area contributed by atoms with Gasteiger partial charge in [0.05, 0.1) is 13.7 Å². The van der Waals surface area contributed by atoms with Crippen LogP contribution in [-0.2, 0) is 6.54 Å². The van der Waals surface area contributed by atoms with Gasteiger partial charge in [-0.3, -0.25) is 4.79 Å². The first-order chi connectivity index (χ1) is 17.6. The summed E-state index contributed by atoms with van der Waals surface area (Å²) in [7, 11) is 1.62. The predicted molar refractivity (Wildman–Crippen MR) is 141 cm³/mol. The monoisotopic (exact) mass is 487 g/mol. The lowest BCUT2D eigenvalue weighted by atomic mass is 9.89. The summed E-state index contributed by atoms with van der Waals surface area (Å²) >= 11 is 0. The Labute approximate surface area is 212 Å². The van der Waals surface area contributed by atoms with Crippen LogP contribution in [0.2, 0.25) is 0 Å². The number of urea groups is 1. The van der Waals surface area contributed by atoms with E-state index in [1.54, 1.807) is 7.11 Å². The number of amides is 3. The zero-order valence-corrected chi connectivity index (χ0v) is 20.8. The van der Waals surface area contributed by atoms with Crippen LogP contribution < -0.4 is 20.1 Å². The summed E-state index contributed by atoms with van der Waals surface area (Å²) in [4.78, 5) is 27.6. The standard InChI is InChI=1S/C29H33N3O4/c1-3-36-26-14-12-25(13-15-26)31-29(34)32-16-6-10-24(20-32)22-8-5-9-23(18-22)28(33)30-19-21-7-4-11-27(17-21)35-2/h4-5,7-9,11-15,17-18,24H,3,6,10,16,19-20H2,1-2H3,(H,30,33)(H,31,34)/t24-/m1/s1. The van der Waals surface area contributed by atoms with Gasteiger partial charge < -0.3 is 25.0 Å². The molecule has 1 fully saturated rings. The van der Waals surface area contributed by atoms with Gasteiger partial charge in [-0.1, -0.05) is 24.3 Å². The van der Waals surface area contributed by atoms with Gasteiger partial charge in [0.1, 0.15) is 11.5 Å². The number of anilines is 1. The highest BCUT2D eigenvalue weighted by molar-refractivity contribution is 5.94. The molecule has 3 aromatic rings. The van der Waals surface area contributed by atoms with Gasteiger partial charge in [-0.05, 0) is 79.4 Å². The molecule has 0 radical (unpaired) electrons. The van der Waals surface area contributed by atoms with Gasteiger partial charge in [0.25, 0.3) is 5.91 Å². The van der Waals surface area contributed by atoms with E-state index in [9.17, 15) is 9.59 Å². The normalized spacial score (nSPS) is 15.2. The van der Waals surface area contributed by atoms with E-state index in [0.29, 0.717) is 31.8 Å². The highest BCUT2D eigenvalue weighted by atomic mass is 16.5. The van der Waals surface area contributed by atoms with E-state index < -0.39 is 0 Å². The summed E-state index contributed by atoms with van der Waals surface area (Å²) in [5.74, 6) is 1.59. The molecule has 0 unspecified atom stereocenters. The number of rotatable bonds is 8. The zero-order chi connectivity index (χ0) is 25.3. The number of methoxy groups -OCH3 is 1. The Hall–Kier alpha value is -4.00. The number of nitrogens with zero attached hydrogens (tertiary/aromatic N) is 1. The number of carbonyl (C=O) groups excluding carboxylic acids is 2. The molecule has 1 aliphatic rings. The molecule has 188 valence electrons. The van der Waals surface area contributed by atoms with Crippen molar-refractivity contribution in [2.75, 3.05) is 32.1 Å². The minimum Gasteiger partial charge on any atom is -0.497 e. The maximum absolute atomic E-state index is 12.9.